The first-order chi connectivity index (χ1) is 8.16. The number of amides is 1. The number of hydrogen-bond donors (Lipinski definition) is 2. The van der Waals surface area contributed by atoms with Crippen molar-refractivity contribution in [2.45, 2.75) is 71.9 Å². The van der Waals surface area contributed by atoms with E-state index in [2.05, 4.69) is 31.4 Å². The Bertz CT molecular complexity index is 245. The molecule has 0 saturated carbocycles. The maximum Gasteiger partial charge on any atom is 0.407 e. The summed E-state index contributed by atoms with van der Waals surface area (Å²) in [6.45, 7) is 13.7. The Morgan fingerprint density at radius 1 is 1.11 bits per heavy atom. The van der Waals surface area contributed by atoms with Crippen molar-refractivity contribution in [3.63, 3.8) is 0 Å². The second kappa shape index (κ2) is 7.62. The maximum atomic E-state index is 11.4. The molecule has 0 bridgehead atoms. The molecule has 2 N–H and O–H groups in total. The van der Waals surface area contributed by atoms with Gasteiger partial charge in [0.1, 0.15) is 5.60 Å². The summed E-state index contributed by atoms with van der Waals surface area (Å²) in [6.07, 6.45) is 2.91. The van der Waals surface area contributed by atoms with E-state index >= 15 is 0 Å². The first-order valence-electron chi connectivity index (χ1n) is 6.88. The predicted octanol–water partition coefficient (Wildman–Crippen LogP) is 3.07. The van der Waals surface area contributed by atoms with Crippen LogP contribution in [-0.4, -0.2) is 30.3 Å². The number of carbonyl (C=O) groups is 1. The molecule has 1 amide bonds. The fraction of sp³-hybridized carbons (Fsp3) is 0.929. The highest BCUT2D eigenvalue weighted by atomic mass is 16.6. The SMILES string of the molecule is CCCC(C)(C)NCCCNC(=O)OC(C)(C)C. The molecular weight excluding hydrogens is 228 g/mol. The van der Waals surface area contributed by atoms with Crippen LogP contribution in [0.15, 0.2) is 0 Å². The van der Waals surface area contributed by atoms with Crippen molar-refractivity contribution in [2.24, 2.45) is 0 Å². The van der Waals surface area contributed by atoms with Crippen LogP contribution in [0.2, 0.25) is 0 Å². The van der Waals surface area contributed by atoms with Crippen molar-refractivity contribution in [3.05, 3.63) is 0 Å². The van der Waals surface area contributed by atoms with Crippen LogP contribution < -0.4 is 10.6 Å². The summed E-state index contributed by atoms with van der Waals surface area (Å²) in [5, 5.41) is 6.25. The predicted molar refractivity (Wildman–Crippen MR) is 75.8 cm³/mol. The van der Waals surface area contributed by atoms with Crippen LogP contribution >= 0.6 is 0 Å². The normalized spacial score (nSPS) is 12.3. The Hall–Kier alpha value is -0.770. The summed E-state index contributed by atoms with van der Waals surface area (Å²) < 4.78 is 5.15. The van der Waals surface area contributed by atoms with Crippen molar-refractivity contribution in [2.75, 3.05) is 13.1 Å². The van der Waals surface area contributed by atoms with Crippen LogP contribution in [0.3, 0.4) is 0 Å². The smallest absolute Gasteiger partial charge is 0.407 e. The van der Waals surface area contributed by atoms with Gasteiger partial charge in [0.25, 0.3) is 0 Å². The molecule has 0 aliphatic rings. The quantitative estimate of drug-likeness (QED) is 0.690. The summed E-state index contributed by atoms with van der Waals surface area (Å²) in [4.78, 5) is 11.4. The van der Waals surface area contributed by atoms with Crippen LogP contribution in [0.25, 0.3) is 0 Å². The van der Waals surface area contributed by atoms with E-state index in [1.807, 2.05) is 20.8 Å². The highest BCUT2D eigenvalue weighted by Gasteiger charge is 2.16. The molecule has 0 saturated heterocycles. The van der Waals surface area contributed by atoms with E-state index in [-0.39, 0.29) is 11.6 Å². The van der Waals surface area contributed by atoms with Gasteiger partial charge in [-0.15, -0.1) is 0 Å². The molecule has 0 rings (SSSR count). The Kier molecular flexibility index (Phi) is 7.29. The average Bonchev–Trinajstić information content (AvgIpc) is 2.13. The highest BCUT2D eigenvalue weighted by molar-refractivity contribution is 5.67. The molecule has 0 spiro atoms. The van der Waals surface area contributed by atoms with Gasteiger partial charge in [0.05, 0.1) is 0 Å². The lowest BCUT2D eigenvalue weighted by Gasteiger charge is -2.26. The summed E-state index contributed by atoms with van der Waals surface area (Å²) in [5.41, 5.74) is -0.244. The van der Waals surface area contributed by atoms with E-state index in [1.165, 1.54) is 6.42 Å². The first kappa shape index (κ1) is 17.2. The van der Waals surface area contributed by atoms with Crippen molar-refractivity contribution in [1.82, 2.24) is 10.6 Å². The van der Waals surface area contributed by atoms with Gasteiger partial charge < -0.3 is 15.4 Å². The fourth-order valence-electron chi connectivity index (χ4n) is 1.73. The third-order valence-corrected chi connectivity index (χ3v) is 2.50. The Morgan fingerprint density at radius 2 is 1.72 bits per heavy atom. The van der Waals surface area contributed by atoms with Crippen LogP contribution in [0.5, 0.6) is 0 Å². The molecule has 4 heteroatoms. The molecule has 0 aliphatic heterocycles. The van der Waals surface area contributed by atoms with Gasteiger partial charge in [-0.1, -0.05) is 13.3 Å². The molecule has 0 heterocycles. The van der Waals surface area contributed by atoms with Crippen LogP contribution in [0.1, 0.15) is 60.8 Å². The lowest BCUT2D eigenvalue weighted by Crippen LogP contribution is -2.41. The minimum atomic E-state index is -0.425. The topological polar surface area (TPSA) is 50.4 Å². The van der Waals surface area contributed by atoms with Crippen LogP contribution in [-0.2, 0) is 4.74 Å². The first-order valence-corrected chi connectivity index (χ1v) is 6.88. The number of carbonyl (C=O) groups excluding carboxylic acids is 1. The molecule has 4 nitrogen and oxygen atoms in total. The lowest BCUT2D eigenvalue weighted by molar-refractivity contribution is 0.0527. The number of alkyl carbamates (subject to hydrolysis) is 1. The number of hydrogen-bond acceptors (Lipinski definition) is 3. The van der Waals surface area contributed by atoms with Gasteiger partial charge in [0.15, 0.2) is 0 Å². The van der Waals surface area contributed by atoms with E-state index in [9.17, 15) is 4.79 Å². The minimum absolute atomic E-state index is 0.181. The van der Waals surface area contributed by atoms with Gasteiger partial charge in [0, 0.05) is 12.1 Å². The fourth-order valence-corrected chi connectivity index (χ4v) is 1.73. The highest BCUT2D eigenvalue weighted by Crippen LogP contribution is 2.10. The molecule has 0 aliphatic carbocycles. The monoisotopic (exact) mass is 258 g/mol. The zero-order valence-electron chi connectivity index (χ0n) is 12.9. The van der Waals surface area contributed by atoms with E-state index in [0.717, 1.165) is 19.4 Å². The second-order valence-electron chi connectivity index (χ2n) is 6.34. The summed E-state index contributed by atoms with van der Waals surface area (Å²) in [7, 11) is 0. The third kappa shape index (κ3) is 10.4. The van der Waals surface area contributed by atoms with Gasteiger partial charge in [-0.3, -0.25) is 0 Å². The van der Waals surface area contributed by atoms with Crippen molar-refractivity contribution in [1.29, 1.82) is 0 Å². The zero-order valence-corrected chi connectivity index (χ0v) is 12.9. The molecule has 0 atom stereocenters. The molecule has 0 aromatic carbocycles. The number of ether oxygens (including phenoxy) is 1. The Balaban J connectivity index is 3.60. The van der Waals surface area contributed by atoms with Gasteiger partial charge in [0.2, 0.25) is 0 Å². The van der Waals surface area contributed by atoms with Gasteiger partial charge in [-0.25, -0.2) is 4.79 Å². The lowest BCUT2D eigenvalue weighted by atomic mass is 9.99. The largest absolute Gasteiger partial charge is 0.444 e. The molecule has 108 valence electrons. The van der Waals surface area contributed by atoms with Crippen LogP contribution in [0.4, 0.5) is 4.79 Å². The van der Waals surface area contributed by atoms with E-state index in [4.69, 9.17) is 4.74 Å². The standard InChI is InChI=1S/C14H30N2O2/c1-7-9-14(5,6)16-11-8-10-15-12(17)18-13(2,3)4/h16H,7-11H2,1-6H3,(H,15,17). The number of nitrogens with one attached hydrogen (secondary N) is 2. The molecule has 0 radical (unpaired) electrons. The average molecular weight is 258 g/mol. The van der Waals surface area contributed by atoms with Crippen molar-refractivity contribution in [3.8, 4) is 0 Å². The van der Waals surface area contributed by atoms with E-state index < -0.39 is 5.60 Å². The van der Waals surface area contributed by atoms with Gasteiger partial charge in [-0.05, 0) is 54.0 Å². The molecule has 0 aromatic heterocycles. The molecule has 18 heavy (non-hydrogen) atoms. The molecule has 0 unspecified atom stereocenters. The molecular formula is C14H30N2O2. The molecule has 0 fully saturated rings. The second-order valence-corrected chi connectivity index (χ2v) is 6.34. The zero-order chi connectivity index (χ0) is 14.2. The Morgan fingerprint density at radius 3 is 2.22 bits per heavy atom. The summed E-state index contributed by atoms with van der Waals surface area (Å²) in [5.74, 6) is 0. The van der Waals surface area contributed by atoms with Crippen LogP contribution in [0, 0.1) is 0 Å². The molecule has 0 aromatic rings. The van der Waals surface area contributed by atoms with Crippen molar-refractivity contribution >= 4 is 6.09 Å². The van der Waals surface area contributed by atoms with Gasteiger partial charge >= 0.3 is 6.09 Å². The van der Waals surface area contributed by atoms with E-state index in [0.29, 0.717) is 6.54 Å². The number of rotatable bonds is 7. The maximum absolute atomic E-state index is 11.4. The summed E-state index contributed by atoms with van der Waals surface area (Å²) in [6, 6.07) is 0. The Labute approximate surface area is 112 Å². The van der Waals surface area contributed by atoms with Crippen molar-refractivity contribution < 1.29 is 9.53 Å². The van der Waals surface area contributed by atoms with Gasteiger partial charge in [-0.2, -0.15) is 0 Å². The minimum Gasteiger partial charge on any atom is -0.444 e. The van der Waals surface area contributed by atoms with E-state index in [1.54, 1.807) is 0 Å². The third-order valence-electron chi connectivity index (χ3n) is 2.50. The summed E-state index contributed by atoms with van der Waals surface area (Å²) >= 11 is 0.